The molecular weight excluding hydrogens is 479 g/mol. The molecule has 7 heteroatoms. The van der Waals surface area contributed by atoms with Crippen molar-refractivity contribution in [3.05, 3.63) is 71.2 Å². The first-order chi connectivity index (χ1) is 13.6. The van der Waals surface area contributed by atoms with E-state index in [1.807, 2.05) is 25.1 Å². The molecule has 3 rings (SSSR count). The number of nitrogens with zero attached hydrogens (tertiary/aromatic N) is 2. The maximum Gasteiger partial charge on any atom is 0.214 e. The molecule has 0 spiro atoms. The zero-order chi connectivity index (χ0) is 19.9. The van der Waals surface area contributed by atoms with Gasteiger partial charge in [-0.05, 0) is 25.5 Å². The molecule has 0 unspecified atom stereocenters. The number of guanidine groups is 1. The van der Waals surface area contributed by atoms with Crippen LogP contribution in [0.15, 0.2) is 58.1 Å². The van der Waals surface area contributed by atoms with Gasteiger partial charge in [0.1, 0.15) is 5.75 Å². The smallest absolute Gasteiger partial charge is 0.214 e. The average Bonchev–Trinajstić information content (AvgIpc) is 3.18. The van der Waals surface area contributed by atoms with Crippen molar-refractivity contribution >= 4 is 29.9 Å². The van der Waals surface area contributed by atoms with Crippen molar-refractivity contribution in [2.75, 3.05) is 14.2 Å². The molecular formula is C22H27IN4O2. The van der Waals surface area contributed by atoms with E-state index in [0.717, 1.165) is 28.2 Å². The van der Waals surface area contributed by atoms with E-state index in [1.54, 1.807) is 20.4 Å². The number of hydrogen-bond acceptors (Lipinski definition) is 4. The summed E-state index contributed by atoms with van der Waals surface area (Å²) in [6.45, 7) is 5.14. The number of rotatable bonds is 6. The lowest BCUT2D eigenvalue weighted by atomic mass is 10.1. The number of aromatic nitrogens is 1. The molecule has 0 fully saturated rings. The van der Waals surface area contributed by atoms with Gasteiger partial charge < -0.3 is 19.8 Å². The van der Waals surface area contributed by atoms with Crippen LogP contribution in [-0.4, -0.2) is 25.1 Å². The minimum Gasteiger partial charge on any atom is -0.496 e. The zero-order valence-corrected chi connectivity index (χ0v) is 19.5. The number of aliphatic imine (C=N–C) groups is 1. The average molecular weight is 506 g/mol. The fourth-order valence-electron chi connectivity index (χ4n) is 2.80. The minimum atomic E-state index is 0. The molecule has 0 aliphatic rings. The van der Waals surface area contributed by atoms with Crippen LogP contribution in [0.4, 0.5) is 0 Å². The maximum absolute atomic E-state index is 5.84. The second kappa shape index (κ2) is 10.8. The molecule has 0 radical (unpaired) electrons. The Bertz CT molecular complexity index is 952. The number of ether oxygens (including phenoxy) is 1. The summed E-state index contributed by atoms with van der Waals surface area (Å²) in [5.41, 5.74) is 4.45. The number of aryl methyl sites for hydroxylation is 2. The largest absolute Gasteiger partial charge is 0.496 e. The van der Waals surface area contributed by atoms with E-state index >= 15 is 0 Å². The van der Waals surface area contributed by atoms with Crippen LogP contribution in [-0.2, 0) is 13.1 Å². The summed E-state index contributed by atoms with van der Waals surface area (Å²) in [5, 5.41) is 6.50. The van der Waals surface area contributed by atoms with Crippen LogP contribution in [0, 0.1) is 13.8 Å². The number of hydrogen-bond donors (Lipinski definition) is 2. The molecule has 2 aromatic carbocycles. The number of methoxy groups -OCH3 is 1. The molecule has 3 aromatic rings. The maximum atomic E-state index is 5.84. The Morgan fingerprint density at radius 3 is 2.41 bits per heavy atom. The minimum absolute atomic E-state index is 0. The van der Waals surface area contributed by atoms with Gasteiger partial charge in [-0.3, -0.25) is 4.99 Å². The van der Waals surface area contributed by atoms with Gasteiger partial charge in [0.2, 0.25) is 5.89 Å². The highest BCUT2D eigenvalue weighted by Gasteiger charge is 2.08. The number of halogens is 1. The first-order valence-electron chi connectivity index (χ1n) is 9.19. The second-order valence-electron chi connectivity index (χ2n) is 6.58. The predicted octanol–water partition coefficient (Wildman–Crippen LogP) is 4.45. The van der Waals surface area contributed by atoms with Crippen molar-refractivity contribution in [3.63, 3.8) is 0 Å². The van der Waals surface area contributed by atoms with Gasteiger partial charge in [0.05, 0.1) is 19.9 Å². The lowest BCUT2D eigenvalue weighted by Gasteiger charge is -2.13. The van der Waals surface area contributed by atoms with Crippen LogP contribution < -0.4 is 15.4 Å². The Labute approximate surface area is 188 Å². The topological polar surface area (TPSA) is 71.7 Å². The molecule has 6 nitrogen and oxygen atoms in total. The first kappa shape index (κ1) is 22.7. The number of oxazole rings is 1. The van der Waals surface area contributed by atoms with Gasteiger partial charge in [0.25, 0.3) is 0 Å². The Hall–Kier alpha value is -2.55. The van der Waals surface area contributed by atoms with Gasteiger partial charge in [-0.15, -0.1) is 24.0 Å². The lowest BCUT2D eigenvalue weighted by Crippen LogP contribution is -2.36. The highest BCUT2D eigenvalue weighted by molar-refractivity contribution is 14.0. The number of benzene rings is 2. The van der Waals surface area contributed by atoms with Crippen molar-refractivity contribution in [1.82, 2.24) is 15.6 Å². The van der Waals surface area contributed by atoms with Crippen LogP contribution in [0.1, 0.15) is 22.6 Å². The molecule has 0 saturated carbocycles. The van der Waals surface area contributed by atoms with Crippen LogP contribution in [0.3, 0.4) is 0 Å². The highest BCUT2D eigenvalue weighted by atomic mass is 127. The van der Waals surface area contributed by atoms with Gasteiger partial charge >= 0.3 is 0 Å². The van der Waals surface area contributed by atoms with E-state index in [1.165, 1.54) is 5.56 Å². The van der Waals surface area contributed by atoms with E-state index in [0.29, 0.717) is 24.9 Å². The Balaban J connectivity index is 0.00000300. The van der Waals surface area contributed by atoms with E-state index < -0.39 is 0 Å². The molecule has 29 heavy (non-hydrogen) atoms. The Morgan fingerprint density at radius 1 is 1.03 bits per heavy atom. The van der Waals surface area contributed by atoms with Crippen LogP contribution in [0.2, 0.25) is 0 Å². The summed E-state index contributed by atoms with van der Waals surface area (Å²) in [4.78, 5) is 8.59. The zero-order valence-electron chi connectivity index (χ0n) is 17.2. The summed E-state index contributed by atoms with van der Waals surface area (Å²) < 4.78 is 11.3. The summed E-state index contributed by atoms with van der Waals surface area (Å²) >= 11 is 0. The molecule has 154 valence electrons. The SMILES string of the molecule is CN=C(NCc1ncc(-c2ccc(C)cc2)o1)NCc1ccc(C)cc1OC.I. The van der Waals surface area contributed by atoms with Gasteiger partial charge in [-0.1, -0.05) is 42.0 Å². The quantitative estimate of drug-likeness (QED) is 0.294. The van der Waals surface area contributed by atoms with Gasteiger partial charge in [0, 0.05) is 24.7 Å². The number of nitrogens with one attached hydrogen (secondary N) is 2. The third kappa shape index (κ3) is 6.22. The molecule has 0 bridgehead atoms. The molecule has 0 aliphatic carbocycles. The predicted molar refractivity (Wildman–Crippen MR) is 127 cm³/mol. The van der Waals surface area contributed by atoms with Crippen molar-refractivity contribution in [2.24, 2.45) is 4.99 Å². The third-order valence-electron chi connectivity index (χ3n) is 4.41. The highest BCUT2D eigenvalue weighted by Crippen LogP contribution is 2.21. The van der Waals surface area contributed by atoms with E-state index in [4.69, 9.17) is 9.15 Å². The monoisotopic (exact) mass is 506 g/mol. The Kier molecular flexibility index (Phi) is 8.50. The van der Waals surface area contributed by atoms with Gasteiger partial charge in [0.15, 0.2) is 11.7 Å². The van der Waals surface area contributed by atoms with Crippen LogP contribution in [0.5, 0.6) is 5.75 Å². The van der Waals surface area contributed by atoms with Crippen LogP contribution in [0.25, 0.3) is 11.3 Å². The molecule has 0 aliphatic heterocycles. The van der Waals surface area contributed by atoms with Crippen molar-refractivity contribution in [1.29, 1.82) is 0 Å². The van der Waals surface area contributed by atoms with Crippen molar-refractivity contribution in [2.45, 2.75) is 26.9 Å². The second-order valence-corrected chi connectivity index (χ2v) is 6.58. The summed E-state index contributed by atoms with van der Waals surface area (Å²) in [6, 6.07) is 14.3. The summed E-state index contributed by atoms with van der Waals surface area (Å²) in [7, 11) is 3.41. The first-order valence-corrected chi connectivity index (χ1v) is 9.19. The van der Waals surface area contributed by atoms with E-state index in [-0.39, 0.29) is 24.0 Å². The lowest BCUT2D eigenvalue weighted by molar-refractivity contribution is 0.408. The molecule has 1 heterocycles. The fraction of sp³-hybridized carbons (Fsp3) is 0.273. The molecule has 0 atom stereocenters. The fourth-order valence-corrected chi connectivity index (χ4v) is 2.80. The van der Waals surface area contributed by atoms with Crippen molar-refractivity contribution < 1.29 is 9.15 Å². The molecule has 1 aromatic heterocycles. The molecule has 2 N–H and O–H groups in total. The van der Waals surface area contributed by atoms with Gasteiger partial charge in [-0.2, -0.15) is 0 Å². The van der Waals surface area contributed by atoms with Gasteiger partial charge in [-0.25, -0.2) is 4.98 Å². The third-order valence-corrected chi connectivity index (χ3v) is 4.41. The summed E-state index contributed by atoms with van der Waals surface area (Å²) in [5.74, 6) is 2.88. The standard InChI is InChI=1S/C22H26N4O2.HI/c1-15-5-8-17(9-6-15)20-13-24-21(28-20)14-26-22(23-3)25-12-18-10-7-16(2)11-19(18)27-4;/h5-11,13H,12,14H2,1-4H3,(H2,23,25,26);1H. The van der Waals surface area contributed by atoms with E-state index in [2.05, 4.69) is 51.8 Å². The summed E-state index contributed by atoms with van der Waals surface area (Å²) in [6.07, 6.45) is 1.75. The van der Waals surface area contributed by atoms with Crippen LogP contribution >= 0.6 is 24.0 Å². The molecule has 0 amide bonds. The van der Waals surface area contributed by atoms with Crippen molar-refractivity contribution in [3.8, 4) is 17.1 Å². The molecule has 0 saturated heterocycles. The van der Waals surface area contributed by atoms with E-state index in [9.17, 15) is 0 Å². The Morgan fingerprint density at radius 2 is 1.72 bits per heavy atom. The normalized spacial score (nSPS) is 11.0.